The van der Waals surface area contributed by atoms with E-state index in [0.717, 1.165) is 41.2 Å². The summed E-state index contributed by atoms with van der Waals surface area (Å²) in [5, 5.41) is 10.2. The number of fused-ring (bicyclic) bond motifs is 1. The molecular weight excluding hydrogens is 267 g/mol. The Morgan fingerprint density at radius 2 is 2.15 bits per heavy atom. The first-order valence-corrected chi connectivity index (χ1v) is 7.27. The number of aromatic carboxylic acids is 1. The number of hydrogen-bond acceptors (Lipinski definition) is 4. The molecule has 0 unspecified atom stereocenters. The van der Waals surface area contributed by atoms with Crippen LogP contribution < -0.4 is 18.9 Å². The van der Waals surface area contributed by atoms with Crippen molar-refractivity contribution in [1.29, 1.82) is 0 Å². The van der Waals surface area contributed by atoms with Crippen LogP contribution in [0, 0.1) is 0 Å². The van der Waals surface area contributed by atoms with Gasteiger partial charge in [0.05, 0.1) is 20.8 Å². The van der Waals surface area contributed by atoms with Crippen molar-refractivity contribution in [3.05, 3.63) is 28.8 Å². The van der Waals surface area contributed by atoms with Crippen LogP contribution in [0.15, 0.2) is 18.2 Å². The van der Waals surface area contributed by atoms with E-state index in [-0.39, 0.29) is 20.3 Å². The molecule has 0 aliphatic carbocycles. The Morgan fingerprint density at radius 1 is 1.45 bits per heavy atom. The number of carboxylic acids is 1. The van der Waals surface area contributed by atoms with Gasteiger partial charge in [0, 0.05) is 5.92 Å². The van der Waals surface area contributed by atoms with E-state index in [2.05, 4.69) is 16.9 Å². The van der Waals surface area contributed by atoms with Crippen LogP contribution in [-0.2, 0) is 0 Å². The van der Waals surface area contributed by atoms with E-state index in [4.69, 9.17) is 5.11 Å². The Balaban J connectivity index is 0.00000110. The molecule has 1 aliphatic heterocycles. The molecule has 0 radical (unpaired) electrons. The largest absolute Gasteiger partial charge is 1.00 e. The second-order valence-electron chi connectivity index (χ2n) is 5.12. The summed E-state index contributed by atoms with van der Waals surface area (Å²) in [6, 6.07) is 5.17. The van der Waals surface area contributed by atoms with Crippen LogP contribution in [0.4, 0.5) is 0 Å². The maximum Gasteiger partial charge on any atom is 1.00 e. The number of hydrogen-bond donors (Lipinski definition) is 1. The van der Waals surface area contributed by atoms with Crippen LogP contribution in [0.3, 0.4) is 0 Å². The van der Waals surface area contributed by atoms with Gasteiger partial charge in [0.1, 0.15) is 0 Å². The summed E-state index contributed by atoms with van der Waals surface area (Å²) in [4.78, 5) is 18.0. The van der Waals surface area contributed by atoms with E-state index in [1.807, 2.05) is 6.07 Å². The summed E-state index contributed by atoms with van der Waals surface area (Å²) in [5.41, 5.74) is 1.26. The van der Waals surface area contributed by atoms with Gasteiger partial charge in [-0.25, -0.2) is 9.78 Å². The first kappa shape index (κ1) is 15.5. The van der Waals surface area contributed by atoms with E-state index < -0.39 is 5.97 Å². The monoisotopic (exact) mass is 284 g/mol. The molecule has 0 spiro atoms. The summed E-state index contributed by atoms with van der Waals surface area (Å²) in [6.45, 7) is 2.22. The van der Waals surface area contributed by atoms with Crippen molar-refractivity contribution in [2.24, 2.45) is 0 Å². The van der Waals surface area contributed by atoms with E-state index in [0.29, 0.717) is 11.5 Å². The number of piperidine rings is 1. The van der Waals surface area contributed by atoms with E-state index >= 15 is 0 Å². The molecule has 0 bridgehead atoms. The molecule has 2 heterocycles. The van der Waals surface area contributed by atoms with Crippen molar-refractivity contribution in [3.63, 3.8) is 0 Å². The van der Waals surface area contributed by atoms with Crippen molar-refractivity contribution in [1.82, 2.24) is 9.88 Å². The van der Waals surface area contributed by atoms with E-state index in [1.54, 1.807) is 23.5 Å². The third-order valence-corrected chi connectivity index (χ3v) is 4.90. The minimum atomic E-state index is -0.879. The Hall–Kier alpha value is -0.863. The zero-order valence-corrected chi connectivity index (χ0v) is 12.6. The van der Waals surface area contributed by atoms with Crippen molar-refractivity contribution >= 4 is 27.5 Å². The fraction of sp³-hybridized carbons (Fsp3) is 0.429. The second kappa shape index (κ2) is 6.27. The third kappa shape index (κ3) is 3.07. The van der Waals surface area contributed by atoms with Gasteiger partial charge in [-0.2, -0.15) is 0 Å². The van der Waals surface area contributed by atoms with Crippen LogP contribution in [-0.4, -0.2) is 41.1 Å². The summed E-state index contributed by atoms with van der Waals surface area (Å²) >= 11 is 1.64. The molecule has 20 heavy (non-hydrogen) atoms. The quantitative estimate of drug-likeness (QED) is 0.784. The van der Waals surface area contributed by atoms with E-state index in [1.165, 1.54) is 0 Å². The number of rotatable bonds is 2. The average Bonchev–Trinajstić information content (AvgIpc) is 2.82. The summed E-state index contributed by atoms with van der Waals surface area (Å²) in [6.07, 6.45) is 2.28. The molecule has 1 N–H and O–H groups in total. The predicted molar refractivity (Wildman–Crippen MR) is 77.2 cm³/mol. The topological polar surface area (TPSA) is 53.4 Å². The van der Waals surface area contributed by atoms with Gasteiger partial charge >= 0.3 is 24.8 Å². The van der Waals surface area contributed by atoms with Crippen molar-refractivity contribution in [2.75, 3.05) is 20.1 Å². The Morgan fingerprint density at radius 3 is 2.80 bits per heavy atom. The standard InChI is InChI=1S/C14H16N2O2S.Li.H/c1-16-6-4-9(5-7-16)13-15-11-3-2-10(14(17)18)8-12(11)19-13;;/h2-3,8-9H,4-7H2,1H3,(H,17,18);;/q;+1;-1. The van der Waals surface area contributed by atoms with Crippen LogP contribution in [0.25, 0.3) is 10.2 Å². The molecule has 102 valence electrons. The molecule has 1 aromatic heterocycles. The molecular formula is C14H17LiN2O2S. The Labute approximate surface area is 135 Å². The van der Waals surface area contributed by atoms with Crippen LogP contribution >= 0.6 is 11.3 Å². The Kier molecular flexibility index (Phi) is 4.87. The van der Waals surface area contributed by atoms with Gasteiger partial charge in [-0.3, -0.25) is 0 Å². The van der Waals surface area contributed by atoms with Crippen molar-refractivity contribution in [2.45, 2.75) is 18.8 Å². The van der Waals surface area contributed by atoms with Gasteiger partial charge in [0.15, 0.2) is 0 Å². The molecule has 6 heteroatoms. The molecule has 2 aromatic rings. The van der Waals surface area contributed by atoms with Gasteiger partial charge in [0.25, 0.3) is 0 Å². The molecule has 0 saturated carbocycles. The second-order valence-corrected chi connectivity index (χ2v) is 6.18. The minimum absolute atomic E-state index is 0. The van der Waals surface area contributed by atoms with E-state index in [9.17, 15) is 4.79 Å². The fourth-order valence-electron chi connectivity index (χ4n) is 2.51. The van der Waals surface area contributed by atoms with Crippen LogP contribution in [0.1, 0.15) is 35.6 Å². The number of aromatic nitrogens is 1. The number of carbonyl (C=O) groups is 1. The molecule has 4 nitrogen and oxygen atoms in total. The molecule has 0 amide bonds. The zero-order valence-electron chi connectivity index (χ0n) is 12.8. The Bertz CT molecular complexity index is 626. The predicted octanol–water partition coefficient (Wildman–Crippen LogP) is -0.0798. The molecule has 1 aliphatic rings. The SMILES string of the molecule is CN1CCC(c2nc3ccc(C(=O)O)cc3s2)CC1.[H-].[Li+]. The summed E-state index contributed by atoms with van der Waals surface area (Å²) in [5.74, 6) is -0.349. The van der Waals surface area contributed by atoms with Gasteiger partial charge in [-0.1, -0.05) is 0 Å². The van der Waals surface area contributed by atoms with Gasteiger partial charge in [-0.05, 0) is 51.2 Å². The van der Waals surface area contributed by atoms with Gasteiger partial charge < -0.3 is 11.4 Å². The first-order chi connectivity index (χ1) is 9.13. The number of thiazole rings is 1. The fourth-order valence-corrected chi connectivity index (χ4v) is 3.68. The maximum atomic E-state index is 11.0. The third-order valence-electron chi connectivity index (χ3n) is 3.72. The summed E-state index contributed by atoms with van der Waals surface area (Å²) in [7, 11) is 2.15. The normalized spacial score (nSPS) is 17.1. The molecule has 1 fully saturated rings. The number of carboxylic acid groups (broad SMARTS) is 1. The average molecular weight is 284 g/mol. The number of nitrogens with zero attached hydrogens (tertiary/aromatic N) is 2. The smallest absolute Gasteiger partial charge is 1.00 e. The van der Waals surface area contributed by atoms with Gasteiger partial charge in [-0.15, -0.1) is 11.3 Å². The summed E-state index contributed by atoms with van der Waals surface area (Å²) < 4.78 is 0.980. The maximum absolute atomic E-state index is 11.0. The zero-order chi connectivity index (χ0) is 13.4. The molecule has 3 rings (SSSR count). The van der Waals surface area contributed by atoms with Crippen molar-refractivity contribution < 1.29 is 30.2 Å². The number of likely N-dealkylation sites (tertiary alicyclic amines) is 1. The molecule has 1 aromatic carbocycles. The molecule has 0 atom stereocenters. The number of benzene rings is 1. The minimum Gasteiger partial charge on any atom is -1.00 e. The van der Waals surface area contributed by atoms with Crippen LogP contribution in [0.5, 0.6) is 0 Å². The first-order valence-electron chi connectivity index (χ1n) is 6.46. The van der Waals surface area contributed by atoms with Gasteiger partial charge in [0.2, 0.25) is 0 Å². The van der Waals surface area contributed by atoms with Crippen molar-refractivity contribution in [3.8, 4) is 0 Å². The van der Waals surface area contributed by atoms with Crippen LogP contribution in [0.2, 0.25) is 0 Å². The molecule has 1 saturated heterocycles.